The quantitative estimate of drug-likeness (QED) is 0.457. The first-order valence-corrected chi connectivity index (χ1v) is 6.38. The Kier molecular flexibility index (Phi) is 4.42. The van der Waals surface area contributed by atoms with Crippen LogP contribution in [0.25, 0.3) is 0 Å². The van der Waals surface area contributed by atoms with E-state index in [9.17, 15) is 14.5 Å². The highest BCUT2D eigenvalue weighted by Gasteiger charge is 2.13. The molecule has 0 bridgehead atoms. The number of hydrogen-bond acceptors (Lipinski definition) is 3. The Morgan fingerprint density at radius 1 is 1.20 bits per heavy atom. The molecular formula is C13H8Cl2FNO3. The van der Waals surface area contributed by atoms with Gasteiger partial charge in [0.2, 0.25) is 0 Å². The third kappa shape index (κ3) is 3.18. The van der Waals surface area contributed by atoms with Gasteiger partial charge in [-0.25, -0.2) is 4.39 Å². The van der Waals surface area contributed by atoms with Gasteiger partial charge in [-0.05, 0) is 24.3 Å². The predicted molar refractivity (Wildman–Crippen MR) is 74.1 cm³/mol. The summed E-state index contributed by atoms with van der Waals surface area (Å²) in [6, 6.07) is 7.73. The molecule has 20 heavy (non-hydrogen) atoms. The fraction of sp³-hybridized carbons (Fsp3) is 0.0769. The first-order chi connectivity index (χ1) is 9.51. The Morgan fingerprint density at radius 3 is 2.50 bits per heavy atom. The number of rotatable bonds is 4. The summed E-state index contributed by atoms with van der Waals surface area (Å²) in [5.74, 6) is 0.131. The Labute approximate surface area is 123 Å². The summed E-state index contributed by atoms with van der Waals surface area (Å²) < 4.78 is 18.5. The Morgan fingerprint density at radius 2 is 1.90 bits per heavy atom. The zero-order chi connectivity index (χ0) is 14.7. The van der Waals surface area contributed by atoms with Crippen molar-refractivity contribution < 1.29 is 14.1 Å². The highest BCUT2D eigenvalue weighted by Crippen LogP contribution is 2.33. The number of benzene rings is 2. The molecule has 0 saturated carbocycles. The SMILES string of the molecule is O=[N+]([O-])c1ccc(Oc2ccc(F)cc2Cl)c(CCl)c1. The van der Waals surface area contributed by atoms with Crippen LogP contribution in [-0.2, 0) is 5.88 Å². The second-order valence-corrected chi connectivity index (χ2v) is 4.53. The van der Waals surface area contributed by atoms with Crippen molar-refractivity contribution in [1.29, 1.82) is 0 Å². The van der Waals surface area contributed by atoms with E-state index >= 15 is 0 Å². The lowest BCUT2D eigenvalue weighted by molar-refractivity contribution is -0.384. The monoisotopic (exact) mass is 315 g/mol. The van der Waals surface area contributed by atoms with Gasteiger partial charge in [-0.1, -0.05) is 11.6 Å². The normalized spacial score (nSPS) is 10.3. The van der Waals surface area contributed by atoms with Gasteiger partial charge in [0.1, 0.15) is 17.3 Å². The number of non-ortho nitro benzene ring substituents is 1. The molecule has 0 spiro atoms. The summed E-state index contributed by atoms with van der Waals surface area (Å²) in [7, 11) is 0. The van der Waals surface area contributed by atoms with Crippen molar-refractivity contribution in [2.75, 3.05) is 0 Å². The van der Waals surface area contributed by atoms with Gasteiger partial charge < -0.3 is 4.74 Å². The summed E-state index contributed by atoms with van der Waals surface area (Å²) >= 11 is 11.6. The number of nitro groups is 1. The summed E-state index contributed by atoms with van der Waals surface area (Å²) in [4.78, 5) is 10.2. The average molecular weight is 316 g/mol. The number of halogens is 3. The smallest absolute Gasteiger partial charge is 0.270 e. The number of nitrogens with zero attached hydrogens (tertiary/aromatic N) is 1. The van der Waals surface area contributed by atoms with E-state index in [4.69, 9.17) is 27.9 Å². The van der Waals surface area contributed by atoms with Gasteiger partial charge in [-0.15, -0.1) is 11.6 Å². The minimum absolute atomic E-state index is 0.0375. The van der Waals surface area contributed by atoms with Gasteiger partial charge >= 0.3 is 0 Å². The lowest BCUT2D eigenvalue weighted by Crippen LogP contribution is -1.94. The van der Waals surface area contributed by atoms with Crippen LogP contribution in [0.2, 0.25) is 5.02 Å². The molecule has 0 N–H and O–H groups in total. The van der Waals surface area contributed by atoms with Crippen LogP contribution in [0.5, 0.6) is 11.5 Å². The summed E-state index contributed by atoms with van der Waals surface area (Å²) in [6.07, 6.45) is 0. The maximum absolute atomic E-state index is 12.9. The fourth-order valence-electron chi connectivity index (χ4n) is 1.56. The van der Waals surface area contributed by atoms with Gasteiger partial charge in [0.05, 0.1) is 15.8 Å². The molecule has 0 unspecified atom stereocenters. The minimum Gasteiger partial charge on any atom is -0.455 e. The van der Waals surface area contributed by atoms with E-state index < -0.39 is 10.7 Å². The molecule has 0 aliphatic heterocycles. The predicted octanol–water partition coefficient (Wildman–Crippen LogP) is 4.92. The van der Waals surface area contributed by atoms with Crippen molar-refractivity contribution in [2.45, 2.75) is 5.88 Å². The molecule has 0 aromatic heterocycles. The van der Waals surface area contributed by atoms with Crippen LogP contribution in [0.15, 0.2) is 36.4 Å². The maximum atomic E-state index is 12.9. The highest BCUT2D eigenvalue weighted by atomic mass is 35.5. The topological polar surface area (TPSA) is 52.4 Å². The Bertz CT molecular complexity index is 664. The second kappa shape index (κ2) is 6.07. The number of hydrogen-bond donors (Lipinski definition) is 0. The third-order valence-corrected chi connectivity index (χ3v) is 3.10. The summed E-state index contributed by atoms with van der Waals surface area (Å²) in [5.41, 5.74) is 0.361. The number of nitro benzene ring substituents is 1. The van der Waals surface area contributed by atoms with Gasteiger partial charge in [0.15, 0.2) is 0 Å². The van der Waals surface area contributed by atoms with E-state index in [1.54, 1.807) is 0 Å². The van der Waals surface area contributed by atoms with E-state index in [0.29, 0.717) is 11.3 Å². The molecule has 0 amide bonds. The molecule has 0 aliphatic rings. The Hall–Kier alpha value is -1.85. The zero-order valence-electron chi connectivity index (χ0n) is 9.98. The van der Waals surface area contributed by atoms with Crippen LogP contribution in [0.4, 0.5) is 10.1 Å². The molecule has 0 radical (unpaired) electrons. The zero-order valence-corrected chi connectivity index (χ0v) is 11.5. The first kappa shape index (κ1) is 14.6. The van der Waals surface area contributed by atoms with Crippen molar-refractivity contribution in [1.82, 2.24) is 0 Å². The van der Waals surface area contributed by atoms with Gasteiger partial charge in [-0.2, -0.15) is 0 Å². The van der Waals surface area contributed by atoms with Crippen molar-refractivity contribution in [3.05, 3.63) is 62.9 Å². The van der Waals surface area contributed by atoms with E-state index in [1.165, 1.54) is 30.3 Å². The molecule has 4 nitrogen and oxygen atoms in total. The van der Waals surface area contributed by atoms with E-state index in [1.807, 2.05) is 0 Å². The van der Waals surface area contributed by atoms with Crippen LogP contribution in [0.1, 0.15) is 5.56 Å². The van der Waals surface area contributed by atoms with Crippen molar-refractivity contribution in [3.63, 3.8) is 0 Å². The van der Waals surface area contributed by atoms with Crippen LogP contribution < -0.4 is 4.74 Å². The molecule has 2 aromatic carbocycles. The lowest BCUT2D eigenvalue weighted by Gasteiger charge is -2.10. The van der Waals surface area contributed by atoms with E-state index in [0.717, 1.165) is 6.07 Å². The molecule has 0 saturated heterocycles. The van der Waals surface area contributed by atoms with Gasteiger partial charge in [-0.3, -0.25) is 10.1 Å². The fourth-order valence-corrected chi connectivity index (χ4v) is 1.97. The van der Waals surface area contributed by atoms with E-state index in [-0.39, 0.29) is 22.3 Å². The van der Waals surface area contributed by atoms with Crippen molar-refractivity contribution in [3.8, 4) is 11.5 Å². The lowest BCUT2D eigenvalue weighted by atomic mass is 10.2. The van der Waals surface area contributed by atoms with Crippen molar-refractivity contribution >= 4 is 28.9 Å². The first-order valence-electron chi connectivity index (χ1n) is 5.47. The molecule has 104 valence electrons. The van der Waals surface area contributed by atoms with Crippen LogP contribution in [0.3, 0.4) is 0 Å². The van der Waals surface area contributed by atoms with E-state index in [2.05, 4.69) is 0 Å². The van der Waals surface area contributed by atoms with Gasteiger partial charge in [0.25, 0.3) is 5.69 Å². The van der Waals surface area contributed by atoms with Gasteiger partial charge in [0, 0.05) is 17.7 Å². The summed E-state index contributed by atoms with van der Waals surface area (Å²) in [6.45, 7) is 0. The molecule has 0 heterocycles. The third-order valence-electron chi connectivity index (χ3n) is 2.51. The molecule has 0 atom stereocenters. The molecule has 2 aromatic rings. The second-order valence-electron chi connectivity index (χ2n) is 3.86. The molecule has 7 heteroatoms. The maximum Gasteiger partial charge on any atom is 0.270 e. The molecular weight excluding hydrogens is 308 g/mol. The van der Waals surface area contributed by atoms with Crippen LogP contribution in [-0.4, -0.2) is 4.92 Å². The molecule has 0 aliphatic carbocycles. The largest absolute Gasteiger partial charge is 0.455 e. The number of alkyl halides is 1. The molecule has 0 fully saturated rings. The average Bonchev–Trinajstić information content (AvgIpc) is 2.42. The van der Waals surface area contributed by atoms with Crippen molar-refractivity contribution in [2.24, 2.45) is 0 Å². The minimum atomic E-state index is -0.523. The molecule has 2 rings (SSSR count). The van der Waals surface area contributed by atoms with Crippen LogP contribution >= 0.6 is 23.2 Å². The Balaban J connectivity index is 2.35. The standard InChI is InChI=1S/C13H8Cl2FNO3/c14-7-8-5-10(17(18)19)2-4-12(8)20-13-3-1-9(16)6-11(13)15/h1-6H,7H2. The van der Waals surface area contributed by atoms with Crippen LogP contribution in [0, 0.1) is 15.9 Å². The summed E-state index contributed by atoms with van der Waals surface area (Å²) in [5, 5.41) is 10.8. The highest BCUT2D eigenvalue weighted by molar-refractivity contribution is 6.32. The number of ether oxygens (including phenoxy) is 1.